The van der Waals surface area contributed by atoms with Crippen molar-refractivity contribution in [2.45, 2.75) is 20.5 Å². The number of hydrogen-bond donors (Lipinski definition) is 2. The second-order valence-electron chi connectivity index (χ2n) is 6.79. The van der Waals surface area contributed by atoms with Gasteiger partial charge in [0, 0.05) is 22.3 Å². The summed E-state index contributed by atoms with van der Waals surface area (Å²) in [6.07, 6.45) is 3.43. The molecule has 0 amide bonds. The van der Waals surface area contributed by atoms with Gasteiger partial charge in [0.25, 0.3) is 0 Å². The number of rotatable bonds is 5. The zero-order valence-corrected chi connectivity index (χ0v) is 17.7. The number of aliphatic hydroxyl groups is 1. The molecular weight excluding hydrogens is 404 g/mol. The second-order valence-corrected chi connectivity index (χ2v) is 7.64. The Bertz CT molecular complexity index is 1060. The average Bonchev–Trinajstić information content (AvgIpc) is 2.68. The fraction of sp³-hybridized carbons (Fsp3) is 0.130. The quantitative estimate of drug-likeness (QED) is 0.282. The Hall–Kier alpha value is -2.73. The van der Waals surface area contributed by atoms with Gasteiger partial charge in [-0.05, 0) is 66.6 Å². The predicted molar refractivity (Wildman–Crippen MR) is 119 cm³/mol. The van der Waals surface area contributed by atoms with Crippen LogP contribution in [0.25, 0.3) is 11.5 Å². The number of nitrogens with zero attached hydrogens (tertiary/aromatic N) is 1. The van der Waals surface area contributed by atoms with E-state index in [1.807, 2.05) is 26.0 Å². The van der Waals surface area contributed by atoms with Gasteiger partial charge in [0.2, 0.25) is 5.70 Å². The van der Waals surface area contributed by atoms with E-state index in [2.05, 4.69) is 11.4 Å². The number of aryl methyl sites for hydroxylation is 2. The molecule has 0 atom stereocenters. The summed E-state index contributed by atoms with van der Waals surface area (Å²) in [6.45, 7) is 3.87. The minimum Gasteiger partial charge on any atom is -0.867 e. The van der Waals surface area contributed by atoms with Crippen LogP contribution in [0.3, 0.4) is 0 Å². The van der Waals surface area contributed by atoms with E-state index >= 15 is 0 Å². The maximum absolute atomic E-state index is 13.3. The first kappa shape index (κ1) is 21.0. The summed E-state index contributed by atoms with van der Waals surface area (Å²) in [5, 5.41) is 26.6. The van der Waals surface area contributed by atoms with E-state index in [0.29, 0.717) is 16.1 Å². The van der Waals surface area contributed by atoms with Crippen LogP contribution in [0.1, 0.15) is 22.3 Å². The maximum Gasteiger partial charge on any atom is 0.238 e. The third-order valence-electron chi connectivity index (χ3n) is 4.32. The number of thiocarbonyl (C=S) groups is 1. The lowest BCUT2D eigenvalue weighted by Crippen LogP contribution is -2.40. The Kier molecular flexibility index (Phi) is 6.64. The molecule has 29 heavy (non-hydrogen) atoms. The van der Waals surface area contributed by atoms with Crippen LogP contribution in [0.5, 0.6) is 0 Å². The normalized spacial score (nSPS) is 11.7. The highest BCUT2D eigenvalue weighted by Crippen LogP contribution is 2.20. The average molecular weight is 425 g/mol. The molecule has 0 aliphatic carbocycles. The predicted octanol–water partition coefficient (Wildman–Crippen LogP) is 3.86. The molecule has 2 N–H and O–H groups in total. The molecule has 0 radical (unpaired) electrons. The Morgan fingerprint density at radius 1 is 1.10 bits per heavy atom. The monoisotopic (exact) mass is 424 g/mol. The van der Waals surface area contributed by atoms with E-state index in [-0.39, 0.29) is 23.1 Å². The molecule has 0 saturated carbocycles. The van der Waals surface area contributed by atoms with Gasteiger partial charge in [-0.2, -0.15) is 4.57 Å². The molecule has 1 aromatic heterocycles. The van der Waals surface area contributed by atoms with E-state index in [1.54, 1.807) is 53.4 Å². The van der Waals surface area contributed by atoms with Gasteiger partial charge in [-0.15, -0.1) is 0 Å². The standard InChI is InChI=1S/C23H21ClN2O2S/c1-15-10-16(2)12-20(11-15)25-23(29)21(26-9-3-4-17(13-26)14-27)22(28)18-5-7-19(24)8-6-18/h3-13,27H,14H2,1-2H3,(H-,25,28,29). The van der Waals surface area contributed by atoms with Crippen LogP contribution in [0, 0.1) is 13.8 Å². The summed E-state index contributed by atoms with van der Waals surface area (Å²) in [5.74, 6) is -0.247. The zero-order chi connectivity index (χ0) is 21.0. The van der Waals surface area contributed by atoms with Crippen molar-refractivity contribution in [1.29, 1.82) is 0 Å². The van der Waals surface area contributed by atoms with Crippen molar-refractivity contribution < 1.29 is 14.8 Å². The molecule has 0 unspecified atom stereocenters. The van der Waals surface area contributed by atoms with E-state index in [1.165, 1.54) is 0 Å². The maximum atomic E-state index is 13.3. The first-order chi connectivity index (χ1) is 13.9. The lowest BCUT2D eigenvalue weighted by atomic mass is 10.1. The molecule has 148 valence electrons. The molecule has 0 bridgehead atoms. The minimum absolute atomic E-state index is 0.138. The first-order valence-corrected chi connectivity index (χ1v) is 9.84. The van der Waals surface area contributed by atoms with Crippen LogP contribution in [0.4, 0.5) is 5.69 Å². The summed E-state index contributed by atoms with van der Waals surface area (Å²) in [4.78, 5) is 0.287. The lowest BCUT2D eigenvalue weighted by Gasteiger charge is -2.17. The van der Waals surface area contributed by atoms with Crippen LogP contribution in [-0.2, 0) is 6.61 Å². The van der Waals surface area contributed by atoms with Gasteiger partial charge in [-0.1, -0.05) is 42.0 Å². The van der Waals surface area contributed by atoms with E-state index in [4.69, 9.17) is 23.8 Å². The molecule has 6 heteroatoms. The molecule has 1 heterocycles. The van der Waals surface area contributed by atoms with Crippen molar-refractivity contribution in [2.24, 2.45) is 0 Å². The van der Waals surface area contributed by atoms with E-state index < -0.39 is 0 Å². The lowest BCUT2D eigenvalue weighted by molar-refractivity contribution is -0.578. The van der Waals surface area contributed by atoms with Gasteiger partial charge >= 0.3 is 0 Å². The first-order valence-electron chi connectivity index (χ1n) is 9.05. The number of aromatic nitrogens is 1. The van der Waals surface area contributed by atoms with Crippen molar-refractivity contribution in [1.82, 2.24) is 0 Å². The van der Waals surface area contributed by atoms with Crippen LogP contribution in [0.15, 0.2) is 67.0 Å². The van der Waals surface area contributed by atoms with Crippen LogP contribution in [-0.4, -0.2) is 10.1 Å². The molecule has 4 nitrogen and oxygen atoms in total. The molecule has 0 saturated heterocycles. The van der Waals surface area contributed by atoms with Gasteiger partial charge in [-0.25, -0.2) is 0 Å². The topological polar surface area (TPSA) is 59.2 Å². The molecule has 0 aliphatic rings. The minimum atomic E-state index is -0.247. The van der Waals surface area contributed by atoms with Gasteiger partial charge < -0.3 is 15.5 Å². The number of halogens is 1. The Morgan fingerprint density at radius 2 is 1.76 bits per heavy atom. The molecule has 0 aliphatic heterocycles. The largest absolute Gasteiger partial charge is 0.867 e. The number of nitrogens with one attached hydrogen (secondary N) is 1. The smallest absolute Gasteiger partial charge is 0.238 e. The van der Waals surface area contributed by atoms with Gasteiger partial charge in [0.15, 0.2) is 17.4 Å². The molecule has 2 aromatic carbocycles. The molecule has 0 spiro atoms. The molecule has 0 fully saturated rings. The Labute approximate surface area is 180 Å². The van der Waals surface area contributed by atoms with Gasteiger partial charge in [-0.3, -0.25) is 0 Å². The number of pyridine rings is 1. The number of anilines is 1. The SMILES string of the molecule is Cc1cc(C)cc(NC(=S)/C(=C(\[O-])c2ccc(Cl)cc2)[n+]2cccc(CO)c2)c1. The fourth-order valence-electron chi connectivity index (χ4n) is 3.07. The number of aliphatic hydroxyl groups excluding tert-OH is 1. The Morgan fingerprint density at radius 3 is 2.38 bits per heavy atom. The second kappa shape index (κ2) is 9.18. The van der Waals surface area contributed by atoms with E-state index in [0.717, 1.165) is 16.8 Å². The van der Waals surface area contributed by atoms with Gasteiger partial charge in [0.05, 0.1) is 6.61 Å². The van der Waals surface area contributed by atoms with Crippen molar-refractivity contribution in [2.75, 3.05) is 5.32 Å². The van der Waals surface area contributed by atoms with E-state index in [9.17, 15) is 10.2 Å². The number of benzene rings is 2. The van der Waals surface area contributed by atoms with Crippen LogP contribution in [0.2, 0.25) is 5.02 Å². The third kappa shape index (κ3) is 5.21. The van der Waals surface area contributed by atoms with Gasteiger partial charge in [0.1, 0.15) is 0 Å². The van der Waals surface area contributed by atoms with Crippen molar-refractivity contribution >= 4 is 46.0 Å². The highest BCUT2D eigenvalue weighted by molar-refractivity contribution is 7.81. The summed E-state index contributed by atoms with van der Waals surface area (Å²) in [6, 6.07) is 16.2. The van der Waals surface area contributed by atoms with Crippen molar-refractivity contribution in [3.8, 4) is 0 Å². The fourth-order valence-corrected chi connectivity index (χ4v) is 3.51. The summed E-state index contributed by atoms with van der Waals surface area (Å²) >= 11 is 11.6. The zero-order valence-electron chi connectivity index (χ0n) is 16.1. The van der Waals surface area contributed by atoms with Crippen molar-refractivity contribution in [3.63, 3.8) is 0 Å². The third-order valence-corrected chi connectivity index (χ3v) is 4.87. The molecule has 3 aromatic rings. The highest BCUT2D eigenvalue weighted by atomic mass is 35.5. The highest BCUT2D eigenvalue weighted by Gasteiger charge is 2.19. The summed E-state index contributed by atoms with van der Waals surface area (Å²) in [5.41, 5.74) is 4.43. The number of hydrogen-bond acceptors (Lipinski definition) is 3. The van der Waals surface area contributed by atoms with Crippen molar-refractivity contribution in [3.05, 3.63) is 94.3 Å². The Balaban J connectivity index is 2.09. The molecular formula is C23H21ClN2O2S. The summed E-state index contributed by atoms with van der Waals surface area (Å²) < 4.78 is 1.64. The summed E-state index contributed by atoms with van der Waals surface area (Å²) in [7, 11) is 0. The van der Waals surface area contributed by atoms with Crippen LogP contribution < -0.4 is 15.0 Å². The molecule has 3 rings (SSSR count). The van der Waals surface area contributed by atoms with Crippen LogP contribution >= 0.6 is 23.8 Å².